The number of amides is 2. The number of carbonyl (C=O) groups excluding carboxylic acids is 2. The lowest BCUT2D eigenvalue weighted by molar-refractivity contribution is -0.133. The Hall–Kier alpha value is -0.750. The van der Waals surface area contributed by atoms with E-state index in [0.29, 0.717) is 0 Å². The van der Waals surface area contributed by atoms with Crippen molar-refractivity contribution >= 4 is 23.6 Å². The van der Waals surface area contributed by atoms with E-state index in [-0.39, 0.29) is 30.3 Å². The SMILES string of the molecule is CSCCC(C)N(C)C(=O)CNC(=O)[C@@H](N)C(C)C. The molecule has 0 spiro atoms. The van der Waals surface area contributed by atoms with Gasteiger partial charge in [0.1, 0.15) is 0 Å². The Balaban J connectivity index is 4.13. The highest BCUT2D eigenvalue weighted by Gasteiger charge is 2.20. The highest BCUT2D eigenvalue weighted by atomic mass is 32.2. The van der Waals surface area contributed by atoms with Crippen molar-refractivity contribution in [3.05, 3.63) is 0 Å². The molecule has 0 rings (SSSR count). The van der Waals surface area contributed by atoms with Crippen LogP contribution < -0.4 is 11.1 Å². The maximum absolute atomic E-state index is 11.9. The molecule has 0 aliphatic carbocycles. The van der Waals surface area contributed by atoms with Gasteiger partial charge in [-0.05, 0) is 31.3 Å². The van der Waals surface area contributed by atoms with Crippen molar-refractivity contribution in [2.45, 2.75) is 39.3 Å². The second-order valence-electron chi connectivity index (χ2n) is 5.12. The van der Waals surface area contributed by atoms with Crippen LogP contribution in [0.2, 0.25) is 0 Å². The number of nitrogens with one attached hydrogen (secondary N) is 1. The summed E-state index contributed by atoms with van der Waals surface area (Å²) in [5, 5.41) is 2.60. The molecule has 2 amide bonds. The van der Waals surface area contributed by atoms with E-state index in [2.05, 4.69) is 5.32 Å². The predicted molar refractivity (Wildman–Crippen MR) is 81.1 cm³/mol. The number of hydrogen-bond donors (Lipinski definition) is 2. The topological polar surface area (TPSA) is 75.4 Å². The summed E-state index contributed by atoms with van der Waals surface area (Å²) in [6.45, 7) is 5.78. The lowest BCUT2D eigenvalue weighted by atomic mass is 10.1. The molecule has 2 atom stereocenters. The van der Waals surface area contributed by atoms with E-state index in [9.17, 15) is 9.59 Å². The fourth-order valence-corrected chi connectivity index (χ4v) is 2.01. The third-order valence-electron chi connectivity index (χ3n) is 3.23. The number of likely N-dealkylation sites (N-methyl/N-ethyl adjacent to an activating group) is 1. The fraction of sp³-hybridized carbons (Fsp3) is 0.846. The zero-order valence-electron chi connectivity index (χ0n) is 12.6. The Bertz CT molecular complexity index is 298. The van der Waals surface area contributed by atoms with Crippen LogP contribution in [0.3, 0.4) is 0 Å². The Morgan fingerprint density at radius 3 is 2.37 bits per heavy atom. The van der Waals surface area contributed by atoms with Gasteiger partial charge in [-0.2, -0.15) is 11.8 Å². The minimum Gasteiger partial charge on any atom is -0.346 e. The maximum Gasteiger partial charge on any atom is 0.241 e. The predicted octanol–water partition coefficient (Wildman–Crippen LogP) is 0.686. The molecule has 0 saturated carbocycles. The summed E-state index contributed by atoms with van der Waals surface area (Å²) in [5.41, 5.74) is 5.71. The van der Waals surface area contributed by atoms with E-state index < -0.39 is 6.04 Å². The molecule has 0 aromatic rings. The Morgan fingerprint density at radius 1 is 1.32 bits per heavy atom. The molecule has 0 aromatic heterocycles. The van der Waals surface area contributed by atoms with Gasteiger partial charge >= 0.3 is 0 Å². The summed E-state index contributed by atoms with van der Waals surface area (Å²) in [4.78, 5) is 25.2. The third kappa shape index (κ3) is 6.82. The lowest BCUT2D eigenvalue weighted by Crippen LogP contribution is -2.48. The summed E-state index contributed by atoms with van der Waals surface area (Å²) < 4.78 is 0. The van der Waals surface area contributed by atoms with Crippen LogP contribution in [0.5, 0.6) is 0 Å². The first-order chi connectivity index (χ1) is 8.81. The van der Waals surface area contributed by atoms with Crippen molar-refractivity contribution in [1.29, 1.82) is 0 Å². The van der Waals surface area contributed by atoms with Crippen LogP contribution in [0.25, 0.3) is 0 Å². The largest absolute Gasteiger partial charge is 0.346 e. The van der Waals surface area contributed by atoms with Gasteiger partial charge in [0.25, 0.3) is 0 Å². The van der Waals surface area contributed by atoms with Crippen molar-refractivity contribution in [2.75, 3.05) is 25.6 Å². The number of nitrogens with two attached hydrogens (primary N) is 1. The second kappa shape index (κ2) is 9.20. The molecule has 1 unspecified atom stereocenters. The van der Waals surface area contributed by atoms with Crippen LogP contribution in [0, 0.1) is 5.92 Å². The van der Waals surface area contributed by atoms with Crippen LogP contribution in [-0.4, -0.2) is 54.4 Å². The van der Waals surface area contributed by atoms with Gasteiger partial charge in [-0.25, -0.2) is 0 Å². The number of nitrogens with zero attached hydrogens (tertiary/aromatic N) is 1. The molecule has 112 valence electrons. The summed E-state index contributed by atoms with van der Waals surface area (Å²) in [6.07, 6.45) is 2.99. The van der Waals surface area contributed by atoms with E-state index in [4.69, 9.17) is 5.73 Å². The average Bonchev–Trinajstić information content (AvgIpc) is 2.39. The first-order valence-corrected chi connectivity index (χ1v) is 7.98. The van der Waals surface area contributed by atoms with E-state index in [1.54, 1.807) is 23.7 Å². The molecule has 3 N–H and O–H groups in total. The standard InChI is InChI=1S/C13H27N3O2S/c1-9(2)12(14)13(18)15-8-11(17)16(4)10(3)6-7-19-5/h9-10,12H,6-8,14H2,1-5H3,(H,15,18)/t10?,12-/m0/s1. The van der Waals surface area contributed by atoms with Crippen LogP contribution in [-0.2, 0) is 9.59 Å². The van der Waals surface area contributed by atoms with Gasteiger partial charge in [-0.1, -0.05) is 13.8 Å². The summed E-state index contributed by atoms with van der Waals surface area (Å²) in [6, 6.07) is -0.386. The summed E-state index contributed by atoms with van der Waals surface area (Å²) >= 11 is 1.76. The highest BCUT2D eigenvalue weighted by Crippen LogP contribution is 2.06. The Morgan fingerprint density at radius 2 is 1.89 bits per heavy atom. The van der Waals surface area contributed by atoms with Gasteiger partial charge in [-0.15, -0.1) is 0 Å². The second-order valence-corrected chi connectivity index (χ2v) is 6.11. The van der Waals surface area contributed by atoms with Gasteiger partial charge in [0.15, 0.2) is 0 Å². The Labute approximate surface area is 120 Å². The number of rotatable bonds is 8. The molecule has 0 radical (unpaired) electrons. The van der Waals surface area contributed by atoms with Gasteiger partial charge in [0.2, 0.25) is 11.8 Å². The van der Waals surface area contributed by atoms with Crippen LogP contribution in [0.4, 0.5) is 0 Å². The monoisotopic (exact) mass is 289 g/mol. The average molecular weight is 289 g/mol. The van der Waals surface area contributed by atoms with Crippen molar-refractivity contribution in [1.82, 2.24) is 10.2 Å². The molecular weight excluding hydrogens is 262 g/mol. The van der Waals surface area contributed by atoms with E-state index in [1.165, 1.54) is 0 Å². The molecule has 0 fully saturated rings. The summed E-state index contributed by atoms with van der Waals surface area (Å²) in [7, 11) is 1.77. The smallest absolute Gasteiger partial charge is 0.241 e. The maximum atomic E-state index is 11.9. The molecule has 0 saturated heterocycles. The molecule has 0 bridgehead atoms. The van der Waals surface area contributed by atoms with Gasteiger partial charge in [0.05, 0.1) is 12.6 Å². The van der Waals surface area contributed by atoms with Crippen molar-refractivity contribution in [2.24, 2.45) is 11.7 Å². The molecule has 0 aliphatic heterocycles. The molecule has 0 heterocycles. The minimum atomic E-state index is -0.563. The van der Waals surface area contributed by atoms with Gasteiger partial charge < -0.3 is 16.0 Å². The van der Waals surface area contributed by atoms with Crippen LogP contribution >= 0.6 is 11.8 Å². The third-order valence-corrected chi connectivity index (χ3v) is 3.87. The van der Waals surface area contributed by atoms with Gasteiger partial charge in [0, 0.05) is 13.1 Å². The molecule has 19 heavy (non-hydrogen) atoms. The van der Waals surface area contributed by atoms with Crippen molar-refractivity contribution in [3.8, 4) is 0 Å². The van der Waals surface area contributed by atoms with Gasteiger partial charge in [-0.3, -0.25) is 9.59 Å². The van der Waals surface area contributed by atoms with E-state index >= 15 is 0 Å². The number of hydrogen-bond acceptors (Lipinski definition) is 4. The normalized spacial score (nSPS) is 14.1. The molecular formula is C13H27N3O2S. The number of thioether (sulfide) groups is 1. The summed E-state index contributed by atoms with van der Waals surface area (Å²) in [5.74, 6) is 0.725. The minimum absolute atomic E-state index is 0.0133. The first kappa shape index (κ1) is 18.2. The van der Waals surface area contributed by atoms with Crippen molar-refractivity contribution < 1.29 is 9.59 Å². The highest BCUT2D eigenvalue weighted by molar-refractivity contribution is 7.98. The Kier molecular flexibility index (Phi) is 8.84. The number of carbonyl (C=O) groups is 2. The molecule has 0 aromatic carbocycles. The van der Waals surface area contributed by atoms with Crippen LogP contribution in [0.1, 0.15) is 27.2 Å². The quantitative estimate of drug-likeness (QED) is 0.689. The van der Waals surface area contributed by atoms with Crippen LogP contribution in [0.15, 0.2) is 0 Å². The zero-order chi connectivity index (χ0) is 15.0. The molecule has 5 nitrogen and oxygen atoms in total. The van der Waals surface area contributed by atoms with Crippen molar-refractivity contribution in [3.63, 3.8) is 0 Å². The lowest BCUT2D eigenvalue weighted by Gasteiger charge is -2.25. The van der Waals surface area contributed by atoms with E-state index in [0.717, 1.165) is 12.2 Å². The zero-order valence-corrected chi connectivity index (χ0v) is 13.4. The fourth-order valence-electron chi connectivity index (χ4n) is 1.44. The molecule has 0 aliphatic rings. The molecule has 6 heteroatoms. The van der Waals surface area contributed by atoms with E-state index in [1.807, 2.05) is 27.0 Å². The first-order valence-electron chi connectivity index (χ1n) is 6.59.